The Morgan fingerprint density at radius 1 is 0.353 bits per heavy atom. The fraction of sp³-hybridized carbons (Fsp3) is 0.0317. The lowest BCUT2D eigenvalue weighted by atomic mass is 9.96. The summed E-state index contributed by atoms with van der Waals surface area (Å²) in [6.45, 7) is 4.19. The second-order valence-corrected chi connectivity index (χ2v) is 17.1. The van der Waals surface area contributed by atoms with Crippen molar-refractivity contribution >= 4 is 40.1 Å². The van der Waals surface area contributed by atoms with Gasteiger partial charge in [-0.05, 0) is 161 Å². The Balaban J connectivity index is 0.920. The van der Waals surface area contributed by atoms with Gasteiger partial charge >= 0.3 is 5.97 Å². The molecule has 0 unspecified atom stereocenters. The maximum absolute atomic E-state index is 14.4. The van der Waals surface area contributed by atoms with E-state index in [9.17, 15) is 14.3 Å². The third kappa shape index (κ3) is 9.19. The Hall–Kier alpha value is -8.80. The van der Waals surface area contributed by atoms with E-state index in [0.29, 0.717) is 5.56 Å². The highest BCUT2D eigenvalue weighted by molar-refractivity contribution is 5.91. The summed E-state index contributed by atoms with van der Waals surface area (Å²) in [6.07, 6.45) is 0. The van der Waals surface area contributed by atoms with E-state index in [-0.39, 0.29) is 5.56 Å². The van der Waals surface area contributed by atoms with E-state index in [2.05, 4.69) is 224 Å². The van der Waals surface area contributed by atoms with Crippen molar-refractivity contribution in [3.05, 3.63) is 265 Å². The van der Waals surface area contributed by atoms with Crippen LogP contribution in [0.15, 0.2) is 243 Å². The van der Waals surface area contributed by atoms with Crippen LogP contribution in [0.4, 0.5) is 38.5 Å². The number of benzene rings is 10. The van der Waals surface area contributed by atoms with Crippen LogP contribution in [0, 0.1) is 19.7 Å². The van der Waals surface area contributed by atoms with Crippen LogP contribution in [0.25, 0.3) is 55.6 Å². The molecule has 0 heterocycles. The summed E-state index contributed by atoms with van der Waals surface area (Å²) in [5.74, 6) is -1.76. The molecule has 0 aliphatic rings. The van der Waals surface area contributed by atoms with E-state index < -0.39 is 11.8 Å². The zero-order valence-electron chi connectivity index (χ0n) is 37.7. The number of nitrogens with zero attached hydrogens (tertiary/aromatic N) is 2. The van der Waals surface area contributed by atoms with Crippen molar-refractivity contribution in [2.75, 3.05) is 9.80 Å². The molecule has 68 heavy (non-hydrogen) atoms. The lowest BCUT2D eigenvalue weighted by Gasteiger charge is -2.28. The van der Waals surface area contributed by atoms with Crippen LogP contribution in [-0.2, 0) is 0 Å². The molecular weight excluding hydrogens is 836 g/mol. The van der Waals surface area contributed by atoms with Gasteiger partial charge in [0.05, 0.1) is 11.3 Å². The highest BCUT2D eigenvalue weighted by Crippen LogP contribution is 2.42. The van der Waals surface area contributed by atoms with E-state index in [1.807, 2.05) is 24.3 Å². The molecule has 10 aromatic rings. The molecule has 0 amide bonds. The van der Waals surface area contributed by atoms with Gasteiger partial charge in [-0.15, -0.1) is 0 Å². The molecule has 0 spiro atoms. The van der Waals surface area contributed by atoms with Gasteiger partial charge in [-0.3, -0.25) is 0 Å². The zero-order chi connectivity index (χ0) is 46.6. The van der Waals surface area contributed by atoms with E-state index >= 15 is 0 Å². The monoisotopic (exact) mass is 882 g/mol. The molecule has 0 bridgehead atoms. The standard InChI is InChI=1S/C63H47FN2O2/c1-43-18-28-56(29-19-43)65(58-34-26-47(27-35-58)53-40-54(63(67)68)42-55(64)41-53)57-32-22-45(23-33-57)49-12-8-14-51(38-49)52-15-9-13-50(39-52)46-24-36-60(37-25-46)66(59-30-20-44(2)21-31-59)62-17-7-6-16-61(62)48-10-4-3-5-11-48/h3-42H,1-2H3,(H,67,68). The van der Waals surface area contributed by atoms with E-state index in [1.54, 1.807) is 0 Å². The van der Waals surface area contributed by atoms with Crippen molar-refractivity contribution in [1.29, 1.82) is 0 Å². The summed E-state index contributed by atoms with van der Waals surface area (Å²) < 4.78 is 14.4. The molecule has 328 valence electrons. The number of carbonyl (C=O) groups is 1. The van der Waals surface area contributed by atoms with E-state index in [1.165, 1.54) is 28.8 Å². The molecule has 5 heteroatoms. The summed E-state index contributed by atoms with van der Waals surface area (Å²) in [5.41, 5.74) is 18.8. The van der Waals surface area contributed by atoms with Crippen molar-refractivity contribution in [3.63, 3.8) is 0 Å². The minimum absolute atomic E-state index is 0.0883. The van der Waals surface area contributed by atoms with Gasteiger partial charge in [0, 0.05) is 34.0 Å². The van der Waals surface area contributed by atoms with Crippen molar-refractivity contribution in [2.24, 2.45) is 0 Å². The fourth-order valence-electron chi connectivity index (χ4n) is 8.84. The summed E-state index contributed by atoms with van der Waals surface area (Å²) in [6, 6.07) is 82.8. The van der Waals surface area contributed by atoms with Crippen molar-refractivity contribution < 1.29 is 14.3 Å². The average Bonchev–Trinajstić information content (AvgIpc) is 3.38. The van der Waals surface area contributed by atoms with Crippen LogP contribution in [-0.4, -0.2) is 11.1 Å². The number of hydrogen-bond acceptors (Lipinski definition) is 3. The van der Waals surface area contributed by atoms with Crippen LogP contribution in [0.1, 0.15) is 21.5 Å². The molecule has 0 aromatic heterocycles. The molecular formula is C63H47FN2O2. The Morgan fingerprint density at radius 2 is 0.735 bits per heavy atom. The van der Waals surface area contributed by atoms with Crippen LogP contribution in [0.3, 0.4) is 0 Å². The lowest BCUT2D eigenvalue weighted by molar-refractivity contribution is 0.0696. The average molecular weight is 883 g/mol. The first-order valence-corrected chi connectivity index (χ1v) is 22.7. The quantitative estimate of drug-likeness (QED) is 0.133. The van der Waals surface area contributed by atoms with Crippen molar-refractivity contribution in [3.8, 4) is 55.6 Å². The maximum atomic E-state index is 14.4. The third-order valence-electron chi connectivity index (χ3n) is 12.4. The topological polar surface area (TPSA) is 43.8 Å². The number of aryl methyl sites for hydroxylation is 2. The number of hydrogen-bond donors (Lipinski definition) is 1. The highest BCUT2D eigenvalue weighted by Gasteiger charge is 2.18. The van der Waals surface area contributed by atoms with Crippen LogP contribution in [0.2, 0.25) is 0 Å². The number of rotatable bonds is 12. The molecule has 0 saturated heterocycles. The Morgan fingerprint density at radius 3 is 1.21 bits per heavy atom. The van der Waals surface area contributed by atoms with Gasteiger partial charge in [0.1, 0.15) is 5.82 Å². The molecule has 4 nitrogen and oxygen atoms in total. The number of anilines is 6. The summed E-state index contributed by atoms with van der Waals surface area (Å²) >= 11 is 0. The second kappa shape index (κ2) is 19.0. The van der Waals surface area contributed by atoms with Gasteiger partial charge in [0.2, 0.25) is 0 Å². The SMILES string of the molecule is Cc1ccc(N(c2ccc(-c3cc(F)cc(C(=O)O)c3)cc2)c2ccc(-c3cccc(-c4cccc(-c5ccc(N(c6ccc(C)cc6)c6ccccc6-c6ccccc6)cc5)c4)c3)cc2)cc1. The van der Waals surface area contributed by atoms with Gasteiger partial charge in [-0.2, -0.15) is 0 Å². The number of carboxylic acid groups (broad SMARTS) is 1. The molecule has 1 N–H and O–H groups in total. The normalized spacial score (nSPS) is 11.0. The Labute approximate surface area is 397 Å². The first-order valence-electron chi connectivity index (χ1n) is 22.7. The molecule has 0 atom stereocenters. The van der Waals surface area contributed by atoms with E-state index in [0.717, 1.165) is 84.7 Å². The number of para-hydroxylation sites is 1. The number of aromatic carboxylic acids is 1. The summed E-state index contributed by atoms with van der Waals surface area (Å²) in [7, 11) is 0. The Bertz CT molecular complexity index is 3370. The zero-order valence-corrected chi connectivity index (χ0v) is 37.7. The minimum atomic E-state index is -1.17. The predicted octanol–water partition coefficient (Wildman–Crippen LogP) is 17.4. The van der Waals surface area contributed by atoms with Gasteiger partial charge in [0.15, 0.2) is 0 Å². The van der Waals surface area contributed by atoms with Crippen LogP contribution >= 0.6 is 0 Å². The number of halogens is 1. The van der Waals surface area contributed by atoms with Crippen molar-refractivity contribution in [1.82, 2.24) is 0 Å². The lowest BCUT2D eigenvalue weighted by Crippen LogP contribution is -2.11. The molecule has 10 aromatic carbocycles. The first kappa shape index (κ1) is 43.1. The van der Waals surface area contributed by atoms with Crippen LogP contribution in [0.5, 0.6) is 0 Å². The van der Waals surface area contributed by atoms with Crippen molar-refractivity contribution in [2.45, 2.75) is 13.8 Å². The Kier molecular flexibility index (Phi) is 12.0. The summed E-state index contributed by atoms with van der Waals surface area (Å²) in [5, 5.41) is 9.51. The smallest absolute Gasteiger partial charge is 0.335 e. The van der Waals surface area contributed by atoms with Crippen LogP contribution < -0.4 is 9.80 Å². The molecule has 0 aliphatic heterocycles. The van der Waals surface area contributed by atoms with Gasteiger partial charge < -0.3 is 14.9 Å². The molecule has 0 aliphatic carbocycles. The van der Waals surface area contributed by atoms with Gasteiger partial charge in [-0.25, -0.2) is 9.18 Å². The summed E-state index contributed by atoms with van der Waals surface area (Å²) in [4.78, 5) is 16.2. The van der Waals surface area contributed by atoms with Gasteiger partial charge in [0.25, 0.3) is 0 Å². The molecule has 0 radical (unpaired) electrons. The predicted molar refractivity (Wildman–Crippen MR) is 279 cm³/mol. The maximum Gasteiger partial charge on any atom is 0.335 e. The van der Waals surface area contributed by atoms with Gasteiger partial charge in [-0.1, -0.05) is 157 Å². The van der Waals surface area contributed by atoms with E-state index in [4.69, 9.17) is 0 Å². The minimum Gasteiger partial charge on any atom is -0.478 e. The second-order valence-electron chi connectivity index (χ2n) is 17.1. The molecule has 10 rings (SSSR count). The third-order valence-corrected chi connectivity index (χ3v) is 12.4. The molecule has 0 saturated carbocycles. The first-order chi connectivity index (χ1) is 33.2. The highest BCUT2D eigenvalue weighted by atomic mass is 19.1. The molecule has 0 fully saturated rings. The largest absolute Gasteiger partial charge is 0.478 e. The number of carboxylic acids is 1. The fourth-order valence-corrected chi connectivity index (χ4v) is 8.84.